The topological polar surface area (TPSA) is 58.4 Å². The second kappa shape index (κ2) is 6.37. The first-order chi connectivity index (χ1) is 10.1. The smallest absolute Gasteiger partial charge is 0.325 e. The zero-order valence-electron chi connectivity index (χ0n) is 12.1. The third-order valence-electron chi connectivity index (χ3n) is 3.41. The number of nitrogens with zero attached hydrogens (tertiary/aromatic N) is 3. The molecule has 2 rings (SSSR count). The number of aliphatic carboxylic acids is 1. The SMILES string of the molecule is C=CCN(CC=C)[C@H](C(=O)O)c1ccc2c(cnn2C)c1. The van der Waals surface area contributed by atoms with E-state index in [4.69, 9.17) is 0 Å². The van der Waals surface area contributed by atoms with Gasteiger partial charge < -0.3 is 5.11 Å². The van der Waals surface area contributed by atoms with Gasteiger partial charge in [0.1, 0.15) is 6.04 Å². The molecule has 1 aromatic carbocycles. The number of benzene rings is 1. The van der Waals surface area contributed by atoms with Crippen LogP contribution < -0.4 is 0 Å². The highest BCUT2D eigenvalue weighted by Gasteiger charge is 2.26. The Labute approximate surface area is 123 Å². The van der Waals surface area contributed by atoms with Crippen molar-refractivity contribution >= 4 is 16.9 Å². The van der Waals surface area contributed by atoms with Crippen LogP contribution in [0.5, 0.6) is 0 Å². The molecule has 1 N–H and O–H groups in total. The summed E-state index contributed by atoms with van der Waals surface area (Å²) in [5, 5.41) is 14.7. The number of fused-ring (bicyclic) bond motifs is 1. The molecule has 0 saturated heterocycles. The summed E-state index contributed by atoms with van der Waals surface area (Å²) in [7, 11) is 1.86. The summed E-state index contributed by atoms with van der Waals surface area (Å²) in [5.41, 5.74) is 1.70. The first-order valence-electron chi connectivity index (χ1n) is 6.68. The molecule has 110 valence electrons. The van der Waals surface area contributed by atoms with Gasteiger partial charge in [-0.2, -0.15) is 5.10 Å². The molecular formula is C16H19N3O2. The Hall–Kier alpha value is -2.40. The van der Waals surface area contributed by atoms with Crippen molar-refractivity contribution in [3.05, 3.63) is 55.3 Å². The lowest BCUT2D eigenvalue weighted by atomic mass is 10.0. The van der Waals surface area contributed by atoms with Crippen molar-refractivity contribution in [3.8, 4) is 0 Å². The van der Waals surface area contributed by atoms with E-state index in [1.807, 2.05) is 25.2 Å². The van der Waals surface area contributed by atoms with E-state index in [-0.39, 0.29) is 0 Å². The molecule has 5 nitrogen and oxygen atoms in total. The zero-order valence-corrected chi connectivity index (χ0v) is 12.1. The molecule has 0 aliphatic heterocycles. The van der Waals surface area contributed by atoms with E-state index in [0.29, 0.717) is 13.1 Å². The summed E-state index contributed by atoms with van der Waals surface area (Å²) in [6.45, 7) is 8.34. The molecule has 0 fully saturated rings. The Balaban J connectivity index is 2.45. The van der Waals surface area contributed by atoms with Gasteiger partial charge in [0.15, 0.2) is 0 Å². The van der Waals surface area contributed by atoms with Gasteiger partial charge in [-0.15, -0.1) is 13.2 Å². The molecule has 0 aliphatic carbocycles. The molecule has 1 atom stereocenters. The van der Waals surface area contributed by atoms with Gasteiger partial charge in [-0.1, -0.05) is 18.2 Å². The molecule has 1 heterocycles. The van der Waals surface area contributed by atoms with E-state index in [1.54, 1.807) is 27.9 Å². The highest BCUT2D eigenvalue weighted by atomic mass is 16.4. The Morgan fingerprint density at radius 1 is 1.43 bits per heavy atom. The third-order valence-corrected chi connectivity index (χ3v) is 3.41. The normalized spacial score (nSPS) is 12.5. The average Bonchev–Trinajstić information content (AvgIpc) is 2.80. The first-order valence-corrected chi connectivity index (χ1v) is 6.68. The summed E-state index contributed by atoms with van der Waals surface area (Å²) < 4.78 is 1.76. The first kappa shape index (κ1) is 15.0. The summed E-state index contributed by atoms with van der Waals surface area (Å²) in [5.74, 6) is -0.887. The van der Waals surface area contributed by atoms with Crippen LogP contribution in [-0.4, -0.2) is 38.8 Å². The molecule has 21 heavy (non-hydrogen) atoms. The van der Waals surface area contributed by atoms with E-state index in [0.717, 1.165) is 16.5 Å². The van der Waals surface area contributed by atoms with Crippen LogP contribution >= 0.6 is 0 Å². The molecule has 0 saturated carbocycles. The van der Waals surface area contributed by atoms with Crippen LogP contribution in [0, 0.1) is 0 Å². The van der Waals surface area contributed by atoms with Crippen LogP contribution in [0.4, 0.5) is 0 Å². The number of hydrogen-bond donors (Lipinski definition) is 1. The zero-order chi connectivity index (χ0) is 15.4. The van der Waals surface area contributed by atoms with Crippen LogP contribution in [0.15, 0.2) is 49.7 Å². The molecule has 0 amide bonds. The van der Waals surface area contributed by atoms with Crippen molar-refractivity contribution in [2.75, 3.05) is 13.1 Å². The maximum Gasteiger partial charge on any atom is 0.325 e. The summed E-state index contributed by atoms with van der Waals surface area (Å²) in [6, 6.07) is 4.88. The molecule has 0 unspecified atom stereocenters. The largest absolute Gasteiger partial charge is 0.480 e. The quantitative estimate of drug-likeness (QED) is 0.793. The molecule has 0 bridgehead atoms. The molecule has 2 aromatic rings. The van der Waals surface area contributed by atoms with Gasteiger partial charge >= 0.3 is 5.97 Å². The fourth-order valence-electron chi connectivity index (χ4n) is 2.48. The second-order valence-electron chi connectivity index (χ2n) is 4.86. The third kappa shape index (κ3) is 3.03. The van der Waals surface area contributed by atoms with Gasteiger partial charge in [-0.3, -0.25) is 14.4 Å². The number of aromatic nitrogens is 2. The predicted molar refractivity (Wildman–Crippen MR) is 83.1 cm³/mol. The van der Waals surface area contributed by atoms with Crippen LogP contribution in [0.3, 0.4) is 0 Å². The fraction of sp³-hybridized carbons (Fsp3) is 0.250. The molecule has 0 radical (unpaired) electrons. The van der Waals surface area contributed by atoms with Crippen molar-refractivity contribution in [1.82, 2.24) is 14.7 Å². The minimum absolute atomic E-state index is 0.480. The highest BCUT2D eigenvalue weighted by Crippen LogP contribution is 2.25. The van der Waals surface area contributed by atoms with Crippen molar-refractivity contribution in [2.24, 2.45) is 7.05 Å². The summed E-state index contributed by atoms with van der Waals surface area (Å²) in [6.07, 6.45) is 5.13. The van der Waals surface area contributed by atoms with Gasteiger partial charge in [0, 0.05) is 25.5 Å². The Bertz CT molecular complexity index is 665. The van der Waals surface area contributed by atoms with Crippen LogP contribution in [0.2, 0.25) is 0 Å². The molecule has 0 aliphatic rings. The Morgan fingerprint density at radius 3 is 2.67 bits per heavy atom. The van der Waals surface area contributed by atoms with Crippen LogP contribution in [0.25, 0.3) is 10.9 Å². The molecule has 0 spiro atoms. The lowest BCUT2D eigenvalue weighted by Crippen LogP contribution is -2.34. The number of carboxylic acids is 1. The van der Waals surface area contributed by atoms with E-state index >= 15 is 0 Å². The Kier molecular flexibility index (Phi) is 4.55. The van der Waals surface area contributed by atoms with Gasteiger partial charge in [-0.25, -0.2) is 0 Å². The molecular weight excluding hydrogens is 266 g/mol. The minimum Gasteiger partial charge on any atom is -0.480 e. The number of hydrogen-bond acceptors (Lipinski definition) is 3. The van der Waals surface area contributed by atoms with Crippen molar-refractivity contribution < 1.29 is 9.90 Å². The Morgan fingerprint density at radius 2 is 2.10 bits per heavy atom. The number of carboxylic acid groups (broad SMARTS) is 1. The average molecular weight is 285 g/mol. The summed E-state index contributed by atoms with van der Waals surface area (Å²) >= 11 is 0. The lowest BCUT2D eigenvalue weighted by Gasteiger charge is -2.26. The van der Waals surface area contributed by atoms with Crippen LogP contribution in [-0.2, 0) is 11.8 Å². The highest BCUT2D eigenvalue weighted by molar-refractivity contribution is 5.82. The van der Waals surface area contributed by atoms with E-state index in [2.05, 4.69) is 18.3 Å². The number of rotatable bonds is 7. The van der Waals surface area contributed by atoms with Crippen molar-refractivity contribution in [1.29, 1.82) is 0 Å². The maximum absolute atomic E-state index is 11.7. The fourth-order valence-corrected chi connectivity index (χ4v) is 2.48. The van der Waals surface area contributed by atoms with E-state index in [9.17, 15) is 9.90 Å². The van der Waals surface area contributed by atoms with E-state index < -0.39 is 12.0 Å². The number of aryl methyl sites for hydroxylation is 1. The predicted octanol–water partition coefficient (Wildman–Crippen LogP) is 2.37. The van der Waals surface area contributed by atoms with Gasteiger partial charge in [-0.05, 0) is 17.7 Å². The maximum atomic E-state index is 11.7. The molecule has 5 heteroatoms. The standard InChI is InChI=1S/C16H19N3O2/c1-4-8-19(9-5-2)15(16(20)21)12-6-7-14-13(10-12)11-17-18(14)3/h4-7,10-11,15H,1-2,8-9H2,3H3,(H,20,21)/t15-/m0/s1. The van der Waals surface area contributed by atoms with Gasteiger partial charge in [0.05, 0.1) is 11.7 Å². The second-order valence-corrected chi connectivity index (χ2v) is 4.86. The van der Waals surface area contributed by atoms with E-state index in [1.165, 1.54) is 0 Å². The minimum atomic E-state index is -0.887. The number of carbonyl (C=O) groups is 1. The monoisotopic (exact) mass is 285 g/mol. The van der Waals surface area contributed by atoms with Crippen LogP contribution in [0.1, 0.15) is 11.6 Å². The van der Waals surface area contributed by atoms with Gasteiger partial charge in [0.2, 0.25) is 0 Å². The lowest BCUT2D eigenvalue weighted by molar-refractivity contribution is -0.143. The summed E-state index contributed by atoms with van der Waals surface area (Å²) in [4.78, 5) is 13.5. The van der Waals surface area contributed by atoms with Crippen molar-refractivity contribution in [2.45, 2.75) is 6.04 Å². The van der Waals surface area contributed by atoms with Crippen molar-refractivity contribution in [3.63, 3.8) is 0 Å². The molecule has 1 aromatic heterocycles. The van der Waals surface area contributed by atoms with Gasteiger partial charge in [0.25, 0.3) is 0 Å².